The number of thiazole rings is 1. The van der Waals surface area contributed by atoms with Crippen molar-refractivity contribution < 1.29 is 4.42 Å². The lowest BCUT2D eigenvalue weighted by Crippen LogP contribution is -2.39. The van der Waals surface area contributed by atoms with Crippen molar-refractivity contribution in [2.24, 2.45) is 10.9 Å². The third-order valence-electron chi connectivity index (χ3n) is 3.27. The van der Waals surface area contributed by atoms with Gasteiger partial charge in [-0.05, 0) is 25.0 Å². The highest BCUT2D eigenvalue weighted by molar-refractivity contribution is 7.09. The molecule has 0 aliphatic rings. The third-order valence-corrected chi connectivity index (χ3v) is 4.09. The first-order valence-corrected chi connectivity index (χ1v) is 8.85. The van der Waals surface area contributed by atoms with Crippen LogP contribution in [0.5, 0.6) is 0 Å². The average Bonchev–Trinajstić information content (AvgIpc) is 3.14. The summed E-state index contributed by atoms with van der Waals surface area (Å²) in [5.74, 6) is 2.43. The summed E-state index contributed by atoms with van der Waals surface area (Å²) in [6, 6.07) is 3.91. The predicted molar refractivity (Wildman–Crippen MR) is 95.9 cm³/mol. The summed E-state index contributed by atoms with van der Waals surface area (Å²) in [6.07, 6.45) is 2.55. The molecule has 5 nitrogen and oxygen atoms in total. The molecule has 2 aromatic rings. The molecule has 2 heterocycles. The number of aryl methyl sites for hydroxylation is 1. The SMILES string of the molecule is Cc1nc(CN(C)C(=NCC(C)C)NCCc2ccco2)cs1. The zero-order valence-electron chi connectivity index (χ0n) is 14.4. The molecule has 2 rings (SSSR count). The van der Waals surface area contributed by atoms with Gasteiger partial charge in [0.05, 0.1) is 23.5 Å². The maximum absolute atomic E-state index is 5.37. The van der Waals surface area contributed by atoms with E-state index >= 15 is 0 Å². The number of hydrogen-bond acceptors (Lipinski definition) is 4. The first kappa shape index (κ1) is 17.5. The molecule has 6 heteroatoms. The molecule has 0 atom stereocenters. The zero-order chi connectivity index (χ0) is 16.7. The molecule has 0 unspecified atom stereocenters. The lowest BCUT2D eigenvalue weighted by Gasteiger charge is -2.22. The van der Waals surface area contributed by atoms with Crippen molar-refractivity contribution in [2.45, 2.75) is 33.7 Å². The molecule has 0 aromatic carbocycles. The third kappa shape index (κ3) is 6.06. The van der Waals surface area contributed by atoms with E-state index in [-0.39, 0.29) is 0 Å². The van der Waals surface area contributed by atoms with Crippen LogP contribution in [0.2, 0.25) is 0 Å². The van der Waals surface area contributed by atoms with Gasteiger partial charge >= 0.3 is 0 Å². The van der Waals surface area contributed by atoms with E-state index in [2.05, 4.69) is 34.4 Å². The Bertz CT molecular complexity index is 604. The van der Waals surface area contributed by atoms with Gasteiger partial charge < -0.3 is 14.6 Å². The Kier molecular flexibility index (Phi) is 6.65. The summed E-state index contributed by atoms with van der Waals surface area (Å²) in [6.45, 7) is 8.74. The zero-order valence-corrected chi connectivity index (χ0v) is 15.2. The van der Waals surface area contributed by atoms with Crippen molar-refractivity contribution in [3.05, 3.63) is 40.2 Å². The lowest BCUT2D eigenvalue weighted by atomic mass is 10.2. The highest BCUT2D eigenvalue weighted by atomic mass is 32.1. The fourth-order valence-corrected chi connectivity index (χ4v) is 2.74. The van der Waals surface area contributed by atoms with Gasteiger partial charge in [-0.25, -0.2) is 4.98 Å². The molecule has 126 valence electrons. The highest BCUT2D eigenvalue weighted by Crippen LogP contribution is 2.10. The molecular weight excluding hydrogens is 308 g/mol. The van der Waals surface area contributed by atoms with E-state index in [1.165, 1.54) is 0 Å². The molecular formula is C17H26N4OS. The van der Waals surface area contributed by atoms with Crippen molar-refractivity contribution in [3.63, 3.8) is 0 Å². The van der Waals surface area contributed by atoms with Crippen LogP contribution >= 0.6 is 11.3 Å². The summed E-state index contributed by atoms with van der Waals surface area (Å²) in [5.41, 5.74) is 1.08. The maximum Gasteiger partial charge on any atom is 0.194 e. The molecule has 0 fully saturated rings. The minimum absolute atomic E-state index is 0.534. The van der Waals surface area contributed by atoms with Crippen LogP contribution in [0.4, 0.5) is 0 Å². The van der Waals surface area contributed by atoms with Crippen LogP contribution in [0, 0.1) is 12.8 Å². The molecule has 23 heavy (non-hydrogen) atoms. The average molecular weight is 334 g/mol. The largest absolute Gasteiger partial charge is 0.469 e. The van der Waals surface area contributed by atoms with Crippen LogP contribution in [0.3, 0.4) is 0 Å². The number of aliphatic imine (C=N–C) groups is 1. The maximum atomic E-state index is 5.37. The van der Waals surface area contributed by atoms with Crippen LogP contribution in [-0.2, 0) is 13.0 Å². The van der Waals surface area contributed by atoms with Gasteiger partial charge in [0.1, 0.15) is 5.76 Å². The number of nitrogens with zero attached hydrogens (tertiary/aromatic N) is 3. The fourth-order valence-electron chi connectivity index (χ4n) is 2.13. The summed E-state index contributed by atoms with van der Waals surface area (Å²) < 4.78 is 5.37. The van der Waals surface area contributed by atoms with E-state index in [1.807, 2.05) is 26.1 Å². The quantitative estimate of drug-likeness (QED) is 0.623. The van der Waals surface area contributed by atoms with Gasteiger partial charge in [-0.2, -0.15) is 0 Å². The molecule has 0 aliphatic heterocycles. The first-order valence-electron chi connectivity index (χ1n) is 7.97. The van der Waals surface area contributed by atoms with Crippen LogP contribution in [-0.4, -0.2) is 36.0 Å². The second-order valence-electron chi connectivity index (χ2n) is 6.03. The molecule has 0 aliphatic carbocycles. The van der Waals surface area contributed by atoms with E-state index < -0.39 is 0 Å². The monoisotopic (exact) mass is 334 g/mol. The molecule has 0 bridgehead atoms. The van der Waals surface area contributed by atoms with Gasteiger partial charge in [0.15, 0.2) is 5.96 Å². The Balaban J connectivity index is 1.93. The van der Waals surface area contributed by atoms with Crippen LogP contribution < -0.4 is 5.32 Å². The molecule has 0 radical (unpaired) electrons. The van der Waals surface area contributed by atoms with Crippen molar-refractivity contribution in [1.82, 2.24) is 15.2 Å². The summed E-state index contributed by atoms with van der Waals surface area (Å²) >= 11 is 1.68. The van der Waals surface area contributed by atoms with E-state index in [0.717, 1.165) is 48.5 Å². The fraction of sp³-hybridized carbons (Fsp3) is 0.529. The number of guanidine groups is 1. The molecule has 0 saturated heterocycles. The lowest BCUT2D eigenvalue weighted by molar-refractivity contribution is 0.461. The number of furan rings is 1. The van der Waals surface area contributed by atoms with Crippen LogP contribution in [0.25, 0.3) is 0 Å². The van der Waals surface area contributed by atoms with Gasteiger partial charge in [0.2, 0.25) is 0 Å². The number of rotatable bonds is 7. The van der Waals surface area contributed by atoms with Crippen molar-refractivity contribution >= 4 is 17.3 Å². The van der Waals surface area contributed by atoms with Crippen LogP contribution in [0.15, 0.2) is 33.2 Å². The Hall–Kier alpha value is -1.82. The Morgan fingerprint density at radius 2 is 2.30 bits per heavy atom. The van der Waals surface area contributed by atoms with Gasteiger partial charge in [-0.15, -0.1) is 11.3 Å². The van der Waals surface area contributed by atoms with E-state index in [9.17, 15) is 0 Å². The van der Waals surface area contributed by atoms with Crippen molar-refractivity contribution in [1.29, 1.82) is 0 Å². The van der Waals surface area contributed by atoms with Gasteiger partial charge in [-0.3, -0.25) is 4.99 Å². The molecule has 1 N–H and O–H groups in total. The first-order chi connectivity index (χ1) is 11.0. The smallest absolute Gasteiger partial charge is 0.194 e. The normalized spacial score (nSPS) is 12.0. The minimum atomic E-state index is 0.534. The second kappa shape index (κ2) is 8.72. The van der Waals surface area contributed by atoms with Gasteiger partial charge in [0.25, 0.3) is 0 Å². The molecule has 0 amide bonds. The summed E-state index contributed by atoms with van der Waals surface area (Å²) in [4.78, 5) is 11.4. The molecule has 0 spiro atoms. The van der Waals surface area contributed by atoms with Crippen molar-refractivity contribution in [2.75, 3.05) is 20.1 Å². The van der Waals surface area contributed by atoms with E-state index in [1.54, 1.807) is 17.6 Å². The Morgan fingerprint density at radius 1 is 1.48 bits per heavy atom. The standard InChI is InChI=1S/C17H26N4OS/c1-13(2)10-19-17(18-8-7-16-6-5-9-22-16)21(4)11-15-12-23-14(3)20-15/h5-6,9,12-13H,7-8,10-11H2,1-4H3,(H,18,19). The summed E-state index contributed by atoms with van der Waals surface area (Å²) in [7, 11) is 2.05. The molecule has 0 saturated carbocycles. The highest BCUT2D eigenvalue weighted by Gasteiger charge is 2.10. The van der Waals surface area contributed by atoms with Crippen LogP contribution in [0.1, 0.15) is 30.3 Å². The number of nitrogens with one attached hydrogen (secondary N) is 1. The van der Waals surface area contributed by atoms with Gasteiger partial charge in [-0.1, -0.05) is 13.8 Å². The predicted octanol–water partition coefficient (Wildman–Crippen LogP) is 3.32. The van der Waals surface area contributed by atoms with Gasteiger partial charge in [0, 0.05) is 31.9 Å². The van der Waals surface area contributed by atoms with E-state index in [4.69, 9.17) is 9.41 Å². The topological polar surface area (TPSA) is 53.7 Å². The van der Waals surface area contributed by atoms with E-state index in [0.29, 0.717) is 5.92 Å². The Labute approximate surface area is 142 Å². The number of hydrogen-bond donors (Lipinski definition) is 1. The second-order valence-corrected chi connectivity index (χ2v) is 7.09. The Morgan fingerprint density at radius 3 is 2.91 bits per heavy atom. The van der Waals surface area contributed by atoms with Crippen molar-refractivity contribution in [3.8, 4) is 0 Å². The summed E-state index contributed by atoms with van der Waals surface area (Å²) in [5, 5.41) is 6.63. The minimum Gasteiger partial charge on any atom is -0.469 e. The molecule has 2 aromatic heterocycles. The number of aromatic nitrogens is 1.